The standard InChI is InChI=1S/C18H18BrF3N2/c19-16-3-1-2-14(12-16)17(24-10-8-23-9-11-24)13-4-6-15(7-5-13)18(20,21)22/h1-7,12,17,23H,8-11H2. The monoisotopic (exact) mass is 398 g/mol. The SMILES string of the molecule is FC(F)(F)c1ccc(C(c2cccc(Br)c2)N2CCNCC2)cc1. The van der Waals surface area contributed by atoms with Gasteiger partial charge in [0.15, 0.2) is 0 Å². The van der Waals surface area contributed by atoms with Gasteiger partial charge in [-0.3, -0.25) is 4.90 Å². The van der Waals surface area contributed by atoms with Crippen LogP contribution in [0.5, 0.6) is 0 Å². The van der Waals surface area contributed by atoms with Crippen molar-refractivity contribution in [1.82, 2.24) is 10.2 Å². The van der Waals surface area contributed by atoms with Crippen LogP contribution in [0.1, 0.15) is 22.7 Å². The van der Waals surface area contributed by atoms with Gasteiger partial charge in [0, 0.05) is 30.7 Å². The molecule has 0 aliphatic carbocycles. The van der Waals surface area contributed by atoms with Gasteiger partial charge in [-0.15, -0.1) is 0 Å². The Balaban J connectivity index is 1.97. The summed E-state index contributed by atoms with van der Waals surface area (Å²) < 4.78 is 39.4. The average molecular weight is 399 g/mol. The highest BCUT2D eigenvalue weighted by molar-refractivity contribution is 9.10. The third-order valence-corrected chi connectivity index (χ3v) is 4.73. The summed E-state index contributed by atoms with van der Waals surface area (Å²) >= 11 is 3.49. The Kier molecular flexibility index (Phi) is 5.27. The van der Waals surface area contributed by atoms with Crippen LogP contribution in [0.15, 0.2) is 53.0 Å². The van der Waals surface area contributed by atoms with Gasteiger partial charge in [-0.25, -0.2) is 0 Å². The van der Waals surface area contributed by atoms with Crippen LogP contribution < -0.4 is 5.32 Å². The summed E-state index contributed by atoms with van der Waals surface area (Å²) in [5, 5.41) is 3.31. The lowest BCUT2D eigenvalue weighted by molar-refractivity contribution is -0.137. The number of rotatable bonds is 3. The molecule has 1 atom stereocenters. The fraction of sp³-hybridized carbons (Fsp3) is 0.333. The van der Waals surface area contributed by atoms with E-state index in [9.17, 15) is 13.2 Å². The second-order valence-corrected chi connectivity index (χ2v) is 6.78. The molecule has 1 unspecified atom stereocenters. The molecule has 1 N–H and O–H groups in total. The Morgan fingerprint density at radius 1 is 0.958 bits per heavy atom. The number of nitrogens with one attached hydrogen (secondary N) is 1. The van der Waals surface area contributed by atoms with Crippen LogP contribution in [-0.4, -0.2) is 31.1 Å². The molecule has 0 saturated carbocycles. The van der Waals surface area contributed by atoms with Crippen molar-refractivity contribution >= 4 is 15.9 Å². The van der Waals surface area contributed by atoms with Crippen molar-refractivity contribution in [3.63, 3.8) is 0 Å². The van der Waals surface area contributed by atoms with Gasteiger partial charge in [-0.2, -0.15) is 13.2 Å². The van der Waals surface area contributed by atoms with Crippen molar-refractivity contribution in [2.24, 2.45) is 0 Å². The van der Waals surface area contributed by atoms with E-state index in [0.717, 1.165) is 41.8 Å². The van der Waals surface area contributed by atoms with E-state index in [-0.39, 0.29) is 6.04 Å². The van der Waals surface area contributed by atoms with Gasteiger partial charge < -0.3 is 5.32 Å². The topological polar surface area (TPSA) is 15.3 Å². The van der Waals surface area contributed by atoms with E-state index < -0.39 is 11.7 Å². The van der Waals surface area contributed by atoms with Crippen molar-refractivity contribution in [3.8, 4) is 0 Å². The lowest BCUT2D eigenvalue weighted by Gasteiger charge is -2.35. The maximum atomic E-state index is 12.8. The van der Waals surface area contributed by atoms with Gasteiger partial charge in [0.2, 0.25) is 0 Å². The number of hydrogen-bond donors (Lipinski definition) is 1. The number of hydrogen-bond acceptors (Lipinski definition) is 2. The number of alkyl halides is 3. The summed E-state index contributed by atoms with van der Waals surface area (Å²) in [5.41, 5.74) is 1.34. The first-order chi connectivity index (χ1) is 11.4. The van der Waals surface area contributed by atoms with E-state index in [1.807, 2.05) is 24.3 Å². The molecule has 2 nitrogen and oxygen atoms in total. The lowest BCUT2D eigenvalue weighted by Crippen LogP contribution is -2.45. The molecular formula is C18H18BrF3N2. The molecule has 0 bridgehead atoms. The highest BCUT2D eigenvalue weighted by atomic mass is 79.9. The van der Waals surface area contributed by atoms with Crippen molar-refractivity contribution in [3.05, 3.63) is 69.7 Å². The van der Waals surface area contributed by atoms with Crippen LogP contribution >= 0.6 is 15.9 Å². The van der Waals surface area contributed by atoms with Crippen LogP contribution in [-0.2, 0) is 6.18 Å². The van der Waals surface area contributed by atoms with Crippen molar-refractivity contribution in [2.75, 3.05) is 26.2 Å². The van der Waals surface area contributed by atoms with E-state index >= 15 is 0 Å². The Morgan fingerprint density at radius 3 is 2.21 bits per heavy atom. The van der Waals surface area contributed by atoms with Crippen LogP contribution in [0, 0.1) is 0 Å². The molecule has 6 heteroatoms. The highest BCUT2D eigenvalue weighted by Gasteiger charge is 2.31. The maximum Gasteiger partial charge on any atom is 0.416 e. The summed E-state index contributed by atoms with van der Waals surface area (Å²) in [6.45, 7) is 3.48. The molecule has 0 amide bonds. The number of piperazine rings is 1. The maximum absolute atomic E-state index is 12.8. The van der Waals surface area contributed by atoms with Crippen LogP contribution in [0.2, 0.25) is 0 Å². The third-order valence-electron chi connectivity index (χ3n) is 4.23. The van der Waals surface area contributed by atoms with Crippen LogP contribution in [0.25, 0.3) is 0 Å². The molecule has 1 saturated heterocycles. The molecule has 1 heterocycles. The molecule has 0 aromatic heterocycles. The molecule has 128 valence electrons. The quantitative estimate of drug-likeness (QED) is 0.820. The summed E-state index contributed by atoms with van der Waals surface area (Å²) in [4.78, 5) is 2.31. The zero-order valence-corrected chi connectivity index (χ0v) is 14.6. The molecule has 3 rings (SSSR count). The summed E-state index contributed by atoms with van der Waals surface area (Å²) in [6, 6.07) is 13.4. The molecule has 1 aliphatic heterocycles. The normalized spacial score (nSPS) is 17.7. The molecule has 0 radical (unpaired) electrons. The van der Waals surface area contributed by atoms with E-state index in [1.165, 1.54) is 12.1 Å². The molecule has 1 aliphatic rings. The van der Waals surface area contributed by atoms with Crippen LogP contribution in [0.3, 0.4) is 0 Å². The molecule has 24 heavy (non-hydrogen) atoms. The highest BCUT2D eigenvalue weighted by Crippen LogP contribution is 2.34. The van der Waals surface area contributed by atoms with E-state index in [1.54, 1.807) is 12.1 Å². The van der Waals surface area contributed by atoms with Gasteiger partial charge in [-0.05, 0) is 35.4 Å². The Labute approximate surface area is 147 Å². The smallest absolute Gasteiger partial charge is 0.314 e. The summed E-state index contributed by atoms with van der Waals surface area (Å²) in [6.07, 6.45) is -4.31. The summed E-state index contributed by atoms with van der Waals surface area (Å²) in [7, 11) is 0. The lowest BCUT2D eigenvalue weighted by atomic mass is 9.95. The molecular weight excluding hydrogens is 381 g/mol. The zero-order valence-electron chi connectivity index (χ0n) is 13.0. The van der Waals surface area contributed by atoms with E-state index in [4.69, 9.17) is 0 Å². The second-order valence-electron chi connectivity index (χ2n) is 5.86. The predicted molar refractivity (Wildman–Crippen MR) is 91.9 cm³/mol. The van der Waals surface area contributed by atoms with E-state index in [2.05, 4.69) is 26.1 Å². The fourth-order valence-electron chi connectivity index (χ4n) is 3.09. The largest absolute Gasteiger partial charge is 0.416 e. The number of benzene rings is 2. The first-order valence-electron chi connectivity index (χ1n) is 7.82. The Bertz CT molecular complexity index is 679. The third kappa shape index (κ3) is 3.99. The van der Waals surface area contributed by atoms with Gasteiger partial charge in [0.1, 0.15) is 0 Å². The zero-order chi connectivity index (χ0) is 17.2. The van der Waals surface area contributed by atoms with Gasteiger partial charge in [0.05, 0.1) is 11.6 Å². The summed E-state index contributed by atoms with van der Waals surface area (Å²) in [5.74, 6) is 0. The minimum absolute atomic E-state index is 0.0492. The van der Waals surface area contributed by atoms with Crippen molar-refractivity contribution < 1.29 is 13.2 Å². The molecule has 0 spiro atoms. The first kappa shape index (κ1) is 17.5. The Hall–Kier alpha value is -1.37. The van der Waals surface area contributed by atoms with Gasteiger partial charge in [-0.1, -0.05) is 40.2 Å². The first-order valence-corrected chi connectivity index (χ1v) is 8.62. The van der Waals surface area contributed by atoms with Gasteiger partial charge >= 0.3 is 6.18 Å². The average Bonchev–Trinajstić information content (AvgIpc) is 2.56. The van der Waals surface area contributed by atoms with Crippen LogP contribution in [0.4, 0.5) is 13.2 Å². The van der Waals surface area contributed by atoms with Crippen molar-refractivity contribution in [1.29, 1.82) is 0 Å². The minimum Gasteiger partial charge on any atom is -0.314 e. The molecule has 1 fully saturated rings. The van der Waals surface area contributed by atoms with E-state index in [0.29, 0.717) is 0 Å². The van der Waals surface area contributed by atoms with Gasteiger partial charge in [0.25, 0.3) is 0 Å². The molecule has 2 aromatic rings. The second kappa shape index (κ2) is 7.25. The molecule has 2 aromatic carbocycles. The number of nitrogens with zero attached hydrogens (tertiary/aromatic N) is 1. The number of halogens is 4. The fourth-order valence-corrected chi connectivity index (χ4v) is 3.50. The minimum atomic E-state index is -4.31. The van der Waals surface area contributed by atoms with Crippen molar-refractivity contribution in [2.45, 2.75) is 12.2 Å². The Morgan fingerprint density at radius 2 is 1.62 bits per heavy atom. The predicted octanol–water partition coefficient (Wildman–Crippen LogP) is 4.46.